The zero-order valence-corrected chi connectivity index (χ0v) is 13.5. The lowest BCUT2D eigenvalue weighted by Crippen LogP contribution is -2.24. The highest BCUT2D eigenvalue weighted by molar-refractivity contribution is 9.10. The second-order valence-electron chi connectivity index (χ2n) is 5.42. The maximum Gasteiger partial charge on any atom is 0.166 e. The van der Waals surface area contributed by atoms with Crippen molar-refractivity contribution in [1.82, 2.24) is 0 Å². The Morgan fingerprint density at radius 2 is 2.05 bits per heavy atom. The lowest BCUT2D eigenvalue weighted by molar-refractivity contribution is 0.0901. The molecule has 0 radical (unpaired) electrons. The van der Waals surface area contributed by atoms with Crippen molar-refractivity contribution in [1.29, 1.82) is 0 Å². The summed E-state index contributed by atoms with van der Waals surface area (Å²) in [7, 11) is 1.66. The van der Waals surface area contributed by atoms with Crippen molar-refractivity contribution in [2.45, 2.75) is 19.3 Å². The molecule has 0 aromatic heterocycles. The summed E-state index contributed by atoms with van der Waals surface area (Å²) < 4.78 is 6.31. The molecule has 2 aromatic carbocycles. The first-order valence-electron chi connectivity index (χ1n) is 7.13. The Bertz CT molecular complexity index is 679. The Hall–Kier alpha value is -1.61. The maximum absolute atomic E-state index is 12.6. The monoisotopic (exact) mass is 344 g/mol. The number of carbonyl (C=O) groups excluding carboxylic acids is 1. The van der Waals surface area contributed by atoms with Gasteiger partial charge in [0.15, 0.2) is 5.78 Å². The van der Waals surface area contributed by atoms with Gasteiger partial charge in [0, 0.05) is 16.0 Å². The zero-order chi connectivity index (χ0) is 14.8. The third-order valence-corrected chi connectivity index (χ3v) is 4.91. The van der Waals surface area contributed by atoms with Crippen molar-refractivity contribution in [3.63, 3.8) is 0 Å². The SMILES string of the molecule is COc1ccc(Br)c(CC2CCc3ccccc3C2=O)c1. The standard InChI is InChI=1S/C18H17BrO2/c1-21-15-8-9-17(19)14(11-15)10-13-7-6-12-4-2-3-5-16(12)18(13)20/h2-5,8-9,11,13H,6-7,10H2,1H3. The van der Waals surface area contributed by atoms with E-state index in [9.17, 15) is 4.79 Å². The average Bonchev–Trinajstić information content (AvgIpc) is 2.52. The number of benzene rings is 2. The molecule has 0 aliphatic heterocycles. The number of ketones is 1. The van der Waals surface area contributed by atoms with E-state index in [0.29, 0.717) is 0 Å². The fourth-order valence-corrected chi connectivity index (χ4v) is 3.36. The topological polar surface area (TPSA) is 26.3 Å². The number of methoxy groups -OCH3 is 1. The molecule has 1 atom stereocenters. The molecule has 0 N–H and O–H groups in total. The number of carbonyl (C=O) groups is 1. The first-order valence-corrected chi connectivity index (χ1v) is 7.93. The number of hydrogen-bond acceptors (Lipinski definition) is 2. The predicted molar refractivity (Wildman–Crippen MR) is 87.0 cm³/mol. The van der Waals surface area contributed by atoms with Gasteiger partial charge in [0.2, 0.25) is 0 Å². The van der Waals surface area contributed by atoms with E-state index >= 15 is 0 Å². The van der Waals surface area contributed by atoms with Gasteiger partial charge in [0.05, 0.1) is 7.11 Å². The van der Waals surface area contributed by atoms with E-state index in [0.717, 1.165) is 40.6 Å². The number of fused-ring (bicyclic) bond motifs is 1. The molecule has 0 spiro atoms. The highest BCUT2D eigenvalue weighted by atomic mass is 79.9. The number of Topliss-reactive ketones (excluding diaryl/α,β-unsaturated/α-hetero) is 1. The lowest BCUT2D eigenvalue weighted by Gasteiger charge is -2.23. The molecule has 0 saturated carbocycles. The predicted octanol–water partition coefficient (Wildman–Crippen LogP) is 4.45. The Kier molecular flexibility index (Phi) is 4.11. The van der Waals surface area contributed by atoms with Crippen LogP contribution in [0.5, 0.6) is 5.75 Å². The molecule has 3 heteroatoms. The third-order valence-electron chi connectivity index (χ3n) is 4.13. The first kappa shape index (κ1) is 14.3. The minimum absolute atomic E-state index is 0.0586. The van der Waals surface area contributed by atoms with Crippen LogP contribution in [0.25, 0.3) is 0 Å². The van der Waals surface area contributed by atoms with Gasteiger partial charge in [-0.1, -0.05) is 40.2 Å². The van der Waals surface area contributed by atoms with Crippen LogP contribution < -0.4 is 4.74 Å². The van der Waals surface area contributed by atoms with Gasteiger partial charge >= 0.3 is 0 Å². The van der Waals surface area contributed by atoms with Gasteiger partial charge < -0.3 is 4.74 Å². The Morgan fingerprint density at radius 3 is 2.86 bits per heavy atom. The fraction of sp³-hybridized carbons (Fsp3) is 0.278. The van der Waals surface area contributed by atoms with Crippen molar-refractivity contribution >= 4 is 21.7 Å². The van der Waals surface area contributed by atoms with Crippen LogP contribution in [0.2, 0.25) is 0 Å². The molecule has 3 rings (SSSR count). The van der Waals surface area contributed by atoms with Crippen molar-refractivity contribution in [3.05, 3.63) is 63.6 Å². The normalized spacial score (nSPS) is 17.4. The van der Waals surface area contributed by atoms with Crippen LogP contribution >= 0.6 is 15.9 Å². The molecule has 1 aliphatic rings. The summed E-state index contributed by atoms with van der Waals surface area (Å²) >= 11 is 3.57. The number of aryl methyl sites for hydroxylation is 1. The minimum atomic E-state index is 0.0586. The minimum Gasteiger partial charge on any atom is -0.497 e. The van der Waals surface area contributed by atoms with E-state index in [1.54, 1.807) is 7.11 Å². The molecule has 1 aliphatic carbocycles. The second kappa shape index (κ2) is 6.02. The van der Waals surface area contributed by atoms with Crippen molar-refractivity contribution in [3.8, 4) is 5.75 Å². The quantitative estimate of drug-likeness (QED) is 0.822. The van der Waals surface area contributed by atoms with Crippen LogP contribution in [-0.2, 0) is 12.8 Å². The van der Waals surface area contributed by atoms with Crippen molar-refractivity contribution in [2.24, 2.45) is 5.92 Å². The summed E-state index contributed by atoms with van der Waals surface area (Å²) in [6, 6.07) is 13.9. The van der Waals surface area contributed by atoms with Gasteiger partial charge in [-0.3, -0.25) is 4.79 Å². The number of halogens is 1. The summed E-state index contributed by atoms with van der Waals surface area (Å²) in [5, 5.41) is 0. The number of hydrogen-bond donors (Lipinski definition) is 0. The highest BCUT2D eigenvalue weighted by Gasteiger charge is 2.27. The Labute approximate surface area is 133 Å². The van der Waals surface area contributed by atoms with Crippen molar-refractivity contribution < 1.29 is 9.53 Å². The van der Waals surface area contributed by atoms with Crippen LogP contribution in [0.3, 0.4) is 0 Å². The third kappa shape index (κ3) is 2.88. The largest absolute Gasteiger partial charge is 0.497 e. The molecular formula is C18H17BrO2. The van der Waals surface area contributed by atoms with E-state index in [-0.39, 0.29) is 11.7 Å². The summed E-state index contributed by atoms with van der Waals surface area (Å²) in [5.41, 5.74) is 3.21. The van der Waals surface area contributed by atoms with E-state index in [4.69, 9.17) is 4.74 Å². The van der Waals surface area contributed by atoms with Gasteiger partial charge in [0.25, 0.3) is 0 Å². The first-order chi connectivity index (χ1) is 10.2. The molecule has 2 aromatic rings. The summed E-state index contributed by atoms with van der Waals surface area (Å²) in [6.07, 6.45) is 2.65. The molecule has 1 unspecified atom stereocenters. The molecule has 0 heterocycles. The lowest BCUT2D eigenvalue weighted by atomic mass is 9.80. The molecule has 2 nitrogen and oxygen atoms in total. The maximum atomic E-state index is 12.6. The summed E-state index contributed by atoms with van der Waals surface area (Å²) in [5.74, 6) is 1.16. The van der Waals surface area contributed by atoms with Gasteiger partial charge in [-0.15, -0.1) is 0 Å². The van der Waals surface area contributed by atoms with Crippen molar-refractivity contribution in [2.75, 3.05) is 7.11 Å². The molecule has 0 bridgehead atoms. The van der Waals surface area contributed by atoms with Gasteiger partial charge in [-0.05, 0) is 48.6 Å². The fourth-order valence-electron chi connectivity index (χ4n) is 2.95. The van der Waals surface area contributed by atoms with Crippen LogP contribution in [0, 0.1) is 5.92 Å². The zero-order valence-electron chi connectivity index (χ0n) is 11.9. The second-order valence-corrected chi connectivity index (χ2v) is 6.27. The molecule has 108 valence electrons. The van der Waals surface area contributed by atoms with E-state index < -0.39 is 0 Å². The summed E-state index contributed by atoms with van der Waals surface area (Å²) in [4.78, 5) is 12.6. The summed E-state index contributed by atoms with van der Waals surface area (Å²) in [6.45, 7) is 0. The van der Waals surface area contributed by atoms with Gasteiger partial charge in [-0.2, -0.15) is 0 Å². The van der Waals surface area contributed by atoms with Crippen LogP contribution in [0.4, 0.5) is 0 Å². The Balaban J connectivity index is 1.85. The van der Waals surface area contributed by atoms with Crippen LogP contribution in [0.1, 0.15) is 27.9 Å². The smallest absolute Gasteiger partial charge is 0.166 e. The number of ether oxygens (including phenoxy) is 1. The molecule has 0 saturated heterocycles. The molecular weight excluding hydrogens is 328 g/mol. The average molecular weight is 345 g/mol. The van der Waals surface area contributed by atoms with Crippen LogP contribution in [0.15, 0.2) is 46.9 Å². The molecule has 0 fully saturated rings. The van der Waals surface area contributed by atoms with E-state index in [2.05, 4.69) is 22.0 Å². The van der Waals surface area contributed by atoms with E-state index in [1.807, 2.05) is 36.4 Å². The Morgan fingerprint density at radius 1 is 1.24 bits per heavy atom. The molecule has 21 heavy (non-hydrogen) atoms. The van der Waals surface area contributed by atoms with Gasteiger partial charge in [0.1, 0.15) is 5.75 Å². The highest BCUT2D eigenvalue weighted by Crippen LogP contribution is 2.31. The number of rotatable bonds is 3. The molecule has 0 amide bonds. The van der Waals surface area contributed by atoms with E-state index in [1.165, 1.54) is 5.56 Å². The van der Waals surface area contributed by atoms with Crippen LogP contribution in [-0.4, -0.2) is 12.9 Å². The van der Waals surface area contributed by atoms with Gasteiger partial charge in [-0.25, -0.2) is 0 Å².